The van der Waals surface area contributed by atoms with Crippen LogP contribution < -0.4 is 0 Å². The van der Waals surface area contributed by atoms with E-state index in [2.05, 4.69) is 22.6 Å². The number of rotatable bonds is 5. The summed E-state index contributed by atoms with van der Waals surface area (Å²) in [5.74, 6) is -0.341. The van der Waals surface area contributed by atoms with Crippen LogP contribution in [0, 0.1) is 0 Å². The van der Waals surface area contributed by atoms with Crippen molar-refractivity contribution in [3.8, 4) is 0 Å². The molecule has 0 unspecified atom stereocenters. The average molecular weight is 459 g/mol. The smallest absolute Gasteiger partial charge is 0.411 e. The predicted molar refractivity (Wildman–Crippen MR) is 105 cm³/mol. The van der Waals surface area contributed by atoms with E-state index in [4.69, 9.17) is 9.47 Å². The molecule has 1 aromatic carbocycles. The molecular weight excluding hydrogens is 433 g/mol. The van der Waals surface area contributed by atoms with Gasteiger partial charge in [0, 0.05) is 0 Å². The molecule has 1 amide bonds. The topological polar surface area (TPSA) is 55.8 Å². The Morgan fingerprint density at radius 1 is 1.28 bits per heavy atom. The molecule has 1 saturated heterocycles. The number of morpholine rings is 1. The van der Waals surface area contributed by atoms with E-state index in [1.54, 1.807) is 4.90 Å². The van der Waals surface area contributed by atoms with E-state index in [1.807, 2.05) is 51.1 Å². The van der Waals surface area contributed by atoms with E-state index in [9.17, 15) is 9.59 Å². The molecule has 0 aliphatic carbocycles. The number of carbonyl (C=O) groups is 2. The normalized spacial score (nSPS) is 21.0. The second-order valence-corrected chi connectivity index (χ2v) is 8.22. The Morgan fingerprint density at radius 2 is 1.96 bits per heavy atom. The molecule has 0 bridgehead atoms. The van der Waals surface area contributed by atoms with Gasteiger partial charge >= 0.3 is 12.1 Å². The highest BCUT2D eigenvalue weighted by atomic mass is 127. The van der Waals surface area contributed by atoms with Crippen LogP contribution in [0.15, 0.2) is 30.3 Å². The quantitative estimate of drug-likeness (QED) is 0.282. The molecule has 0 aromatic heterocycles. The van der Waals surface area contributed by atoms with Gasteiger partial charge in [-0.15, -0.1) is 0 Å². The van der Waals surface area contributed by atoms with Crippen LogP contribution in [0.25, 0.3) is 0 Å². The van der Waals surface area contributed by atoms with Crippen molar-refractivity contribution >= 4 is 34.7 Å². The first kappa shape index (κ1) is 20.0. The van der Waals surface area contributed by atoms with Gasteiger partial charge in [0.15, 0.2) is 0 Å². The molecule has 25 heavy (non-hydrogen) atoms. The maximum absolute atomic E-state index is 12.9. The zero-order chi connectivity index (χ0) is 18.4. The molecule has 2 rings (SSSR count). The summed E-state index contributed by atoms with van der Waals surface area (Å²) in [7, 11) is 0. The number of alkyl halides is 1. The van der Waals surface area contributed by atoms with Crippen LogP contribution in [0.4, 0.5) is 4.79 Å². The lowest BCUT2D eigenvalue weighted by atomic mass is 9.99. The van der Waals surface area contributed by atoms with Crippen LogP contribution in [0.5, 0.6) is 0 Å². The summed E-state index contributed by atoms with van der Waals surface area (Å²) in [6.07, 6.45) is 1.99. The lowest BCUT2D eigenvalue weighted by molar-refractivity contribution is -0.162. The molecule has 2 atom stereocenters. The van der Waals surface area contributed by atoms with Gasteiger partial charge < -0.3 is 9.47 Å². The zero-order valence-electron chi connectivity index (χ0n) is 15.0. The van der Waals surface area contributed by atoms with E-state index < -0.39 is 17.7 Å². The van der Waals surface area contributed by atoms with Crippen molar-refractivity contribution in [3.05, 3.63) is 35.9 Å². The Labute approximate surface area is 163 Å². The van der Waals surface area contributed by atoms with Crippen molar-refractivity contribution in [3.63, 3.8) is 0 Å². The molecule has 138 valence electrons. The van der Waals surface area contributed by atoms with Crippen LogP contribution in [0.2, 0.25) is 0 Å². The number of hydrogen-bond acceptors (Lipinski definition) is 4. The standard InChI is InChI=1S/C19H26INO4/c1-19(2,3)25-18(23)21-15(11-7-8-12-20)17(22)24-13-16(21)14-9-5-4-6-10-14/h4-6,9-10,15-16H,7-8,11-13H2,1-3H3/t15-,16+/m1/s1. The van der Waals surface area contributed by atoms with Gasteiger partial charge in [-0.3, -0.25) is 4.90 Å². The third kappa shape index (κ3) is 5.59. The van der Waals surface area contributed by atoms with Crippen molar-refractivity contribution in [2.75, 3.05) is 11.0 Å². The summed E-state index contributed by atoms with van der Waals surface area (Å²) in [6, 6.07) is 8.74. The first-order chi connectivity index (χ1) is 11.8. The summed E-state index contributed by atoms with van der Waals surface area (Å²) in [6.45, 7) is 5.65. The summed E-state index contributed by atoms with van der Waals surface area (Å²) in [5, 5.41) is 0. The first-order valence-electron chi connectivity index (χ1n) is 8.62. The molecule has 1 aliphatic heterocycles. The Balaban J connectivity index is 2.30. The zero-order valence-corrected chi connectivity index (χ0v) is 17.2. The highest BCUT2D eigenvalue weighted by molar-refractivity contribution is 14.1. The number of benzene rings is 1. The number of amides is 1. The number of esters is 1. The van der Waals surface area contributed by atoms with Gasteiger partial charge in [0.05, 0.1) is 6.04 Å². The van der Waals surface area contributed by atoms with Gasteiger partial charge in [-0.25, -0.2) is 9.59 Å². The fraction of sp³-hybridized carbons (Fsp3) is 0.579. The third-order valence-corrected chi connectivity index (χ3v) is 4.74. The molecular formula is C19H26INO4. The van der Waals surface area contributed by atoms with E-state index in [1.165, 1.54) is 0 Å². The van der Waals surface area contributed by atoms with Gasteiger partial charge in [-0.1, -0.05) is 59.3 Å². The lowest BCUT2D eigenvalue weighted by Crippen LogP contribution is -2.54. The van der Waals surface area contributed by atoms with Crippen LogP contribution >= 0.6 is 22.6 Å². The second kappa shape index (κ2) is 8.87. The maximum Gasteiger partial charge on any atom is 0.411 e. The molecule has 1 heterocycles. The SMILES string of the molecule is CC(C)(C)OC(=O)N1[C@H](CCCCI)C(=O)OC[C@H]1c1ccccc1. The minimum Gasteiger partial charge on any atom is -0.462 e. The summed E-state index contributed by atoms with van der Waals surface area (Å²) >= 11 is 2.32. The molecule has 1 aromatic rings. The van der Waals surface area contributed by atoms with Crippen molar-refractivity contribution in [2.24, 2.45) is 0 Å². The van der Waals surface area contributed by atoms with Gasteiger partial charge in [-0.2, -0.15) is 0 Å². The fourth-order valence-electron chi connectivity index (χ4n) is 2.86. The predicted octanol–water partition coefficient (Wildman–Crippen LogP) is 4.50. The minimum absolute atomic E-state index is 0.158. The van der Waals surface area contributed by atoms with Crippen LogP contribution in [0.1, 0.15) is 51.6 Å². The van der Waals surface area contributed by atoms with Gasteiger partial charge in [-0.05, 0) is 43.6 Å². The molecule has 1 fully saturated rings. The van der Waals surface area contributed by atoms with Gasteiger partial charge in [0.1, 0.15) is 18.2 Å². The van der Waals surface area contributed by atoms with Gasteiger partial charge in [0.25, 0.3) is 0 Å². The number of halogens is 1. The largest absolute Gasteiger partial charge is 0.462 e. The first-order valence-corrected chi connectivity index (χ1v) is 10.1. The Morgan fingerprint density at radius 3 is 2.56 bits per heavy atom. The fourth-order valence-corrected chi connectivity index (χ4v) is 3.40. The van der Waals surface area contributed by atoms with E-state index in [0.717, 1.165) is 22.8 Å². The van der Waals surface area contributed by atoms with E-state index in [0.29, 0.717) is 6.42 Å². The third-order valence-electron chi connectivity index (χ3n) is 3.98. The highest BCUT2D eigenvalue weighted by Gasteiger charge is 2.43. The van der Waals surface area contributed by atoms with Gasteiger partial charge in [0.2, 0.25) is 0 Å². The van der Waals surface area contributed by atoms with Crippen LogP contribution in [-0.2, 0) is 14.3 Å². The lowest BCUT2D eigenvalue weighted by Gasteiger charge is -2.41. The van der Waals surface area contributed by atoms with Crippen molar-refractivity contribution in [1.82, 2.24) is 4.90 Å². The number of nitrogens with zero attached hydrogens (tertiary/aromatic N) is 1. The molecule has 6 heteroatoms. The number of ether oxygens (including phenoxy) is 2. The second-order valence-electron chi connectivity index (χ2n) is 7.14. The maximum atomic E-state index is 12.9. The Bertz CT molecular complexity index is 585. The number of unbranched alkanes of at least 4 members (excludes halogenated alkanes) is 1. The summed E-state index contributed by atoms with van der Waals surface area (Å²) < 4.78 is 12.0. The highest BCUT2D eigenvalue weighted by Crippen LogP contribution is 2.32. The van der Waals surface area contributed by atoms with Crippen LogP contribution in [-0.4, -0.2) is 39.6 Å². The molecule has 1 aliphatic rings. The van der Waals surface area contributed by atoms with Crippen molar-refractivity contribution < 1.29 is 19.1 Å². The summed E-state index contributed by atoms with van der Waals surface area (Å²) in [4.78, 5) is 26.8. The van der Waals surface area contributed by atoms with E-state index >= 15 is 0 Å². The molecule has 0 spiro atoms. The molecule has 5 nitrogen and oxygen atoms in total. The minimum atomic E-state index is -0.619. The van der Waals surface area contributed by atoms with E-state index in [-0.39, 0.29) is 18.6 Å². The van der Waals surface area contributed by atoms with Crippen molar-refractivity contribution in [2.45, 2.75) is 57.7 Å². The Kier molecular flexibility index (Phi) is 7.10. The summed E-state index contributed by atoms with van der Waals surface area (Å²) in [5.41, 5.74) is 0.326. The number of carbonyl (C=O) groups excluding carboxylic acids is 2. The molecule has 0 saturated carbocycles. The molecule has 0 radical (unpaired) electrons. The molecule has 0 N–H and O–H groups in total. The number of hydrogen-bond donors (Lipinski definition) is 0. The average Bonchev–Trinajstić information content (AvgIpc) is 2.55. The van der Waals surface area contributed by atoms with Crippen molar-refractivity contribution in [1.29, 1.82) is 0 Å². The monoisotopic (exact) mass is 459 g/mol. The van der Waals surface area contributed by atoms with Crippen LogP contribution in [0.3, 0.4) is 0 Å². The Hall–Kier alpha value is -1.31. The number of cyclic esters (lactones) is 1.